The molecular weight excluding hydrogens is 210 g/mol. The summed E-state index contributed by atoms with van der Waals surface area (Å²) >= 11 is 0. The molecule has 0 amide bonds. The quantitative estimate of drug-likeness (QED) is 0.618. The van der Waals surface area contributed by atoms with Gasteiger partial charge in [0.05, 0.1) is 19.3 Å². The minimum atomic E-state index is -0.149. The smallest absolute Gasteiger partial charge is 0.167 e. The number of nitrogens with zero attached hydrogens (tertiary/aromatic N) is 4. The number of ether oxygens (including phenoxy) is 2. The monoisotopic (exact) mass is 229 g/mol. The van der Waals surface area contributed by atoms with Gasteiger partial charge in [0.15, 0.2) is 5.82 Å². The lowest BCUT2D eigenvalue weighted by Gasteiger charge is -2.07. The molecule has 92 valence electrons. The van der Waals surface area contributed by atoms with E-state index in [4.69, 9.17) is 15.2 Å². The fraction of sp³-hybridized carbons (Fsp3) is 0.889. The van der Waals surface area contributed by atoms with Crippen LogP contribution in [0.25, 0.3) is 0 Å². The number of methoxy groups -OCH3 is 1. The lowest BCUT2D eigenvalue weighted by atomic mass is 10.3. The lowest BCUT2D eigenvalue weighted by Crippen LogP contribution is -2.15. The summed E-state index contributed by atoms with van der Waals surface area (Å²) < 4.78 is 11.9. The first-order chi connectivity index (χ1) is 7.75. The van der Waals surface area contributed by atoms with E-state index in [0.29, 0.717) is 25.6 Å². The largest absolute Gasteiger partial charge is 0.382 e. The number of aromatic nitrogens is 4. The molecule has 16 heavy (non-hydrogen) atoms. The topological polar surface area (TPSA) is 88.1 Å². The van der Waals surface area contributed by atoms with E-state index >= 15 is 0 Å². The summed E-state index contributed by atoms with van der Waals surface area (Å²) in [5, 5.41) is 11.3. The van der Waals surface area contributed by atoms with Gasteiger partial charge in [-0.05, 0) is 23.8 Å². The van der Waals surface area contributed by atoms with Crippen LogP contribution >= 0.6 is 0 Å². The number of hydrogen-bond donors (Lipinski definition) is 1. The molecule has 1 heterocycles. The Kier molecular flexibility index (Phi) is 5.91. The third kappa shape index (κ3) is 4.21. The predicted molar refractivity (Wildman–Crippen MR) is 57.7 cm³/mol. The highest BCUT2D eigenvalue weighted by Crippen LogP contribution is 2.03. The van der Waals surface area contributed by atoms with Crippen LogP contribution in [0.4, 0.5) is 0 Å². The van der Waals surface area contributed by atoms with Gasteiger partial charge in [-0.25, -0.2) is 4.68 Å². The maximum absolute atomic E-state index is 5.72. The molecule has 0 aliphatic rings. The van der Waals surface area contributed by atoms with Crippen molar-refractivity contribution in [3.63, 3.8) is 0 Å². The molecule has 0 aliphatic carbocycles. The molecule has 0 aromatic carbocycles. The van der Waals surface area contributed by atoms with Crippen molar-refractivity contribution in [2.24, 2.45) is 5.73 Å². The van der Waals surface area contributed by atoms with Crippen LogP contribution in [0.5, 0.6) is 0 Å². The standard InChI is InChI=1S/C9H19N5O2/c1-8(10)9-11-12-13-14(9)4-3-5-16-7-6-15-2/h8H,3-7,10H2,1-2H3. The molecule has 1 aromatic rings. The van der Waals surface area contributed by atoms with Crippen LogP contribution in [-0.2, 0) is 16.0 Å². The Labute approximate surface area is 94.9 Å². The van der Waals surface area contributed by atoms with Gasteiger partial charge < -0.3 is 15.2 Å². The number of hydrogen-bond acceptors (Lipinski definition) is 6. The fourth-order valence-electron chi connectivity index (χ4n) is 1.26. The van der Waals surface area contributed by atoms with Crippen molar-refractivity contribution in [2.75, 3.05) is 26.9 Å². The second-order valence-corrected chi connectivity index (χ2v) is 3.51. The van der Waals surface area contributed by atoms with Crippen LogP contribution < -0.4 is 5.73 Å². The molecule has 0 radical (unpaired) electrons. The average molecular weight is 229 g/mol. The minimum Gasteiger partial charge on any atom is -0.382 e. The molecule has 0 saturated carbocycles. The van der Waals surface area contributed by atoms with E-state index in [9.17, 15) is 0 Å². The molecule has 0 aliphatic heterocycles. The van der Waals surface area contributed by atoms with Gasteiger partial charge in [0.25, 0.3) is 0 Å². The van der Waals surface area contributed by atoms with E-state index in [1.165, 1.54) is 0 Å². The van der Waals surface area contributed by atoms with E-state index < -0.39 is 0 Å². The first kappa shape index (κ1) is 13.0. The molecular formula is C9H19N5O2. The van der Waals surface area contributed by atoms with E-state index in [1.54, 1.807) is 11.8 Å². The van der Waals surface area contributed by atoms with Crippen molar-refractivity contribution < 1.29 is 9.47 Å². The number of tetrazole rings is 1. The molecule has 2 N–H and O–H groups in total. The molecule has 7 heteroatoms. The second-order valence-electron chi connectivity index (χ2n) is 3.51. The van der Waals surface area contributed by atoms with Crippen molar-refractivity contribution in [1.82, 2.24) is 20.2 Å². The van der Waals surface area contributed by atoms with E-state index in [1.807, 2.05) is 6.92 Å². The van der Waals surface area contributed by atoms with Gasteiger partial charge in [0.2, 0.25) is 0 Å². The molecule has 1 rings (SSSR count). The average Bonchev–Trinajstić information content (AvgIpc) is 2.71. The van der Waals surface area contributed by atoms with Crippen molar-refractivity contribution in [2.45, 2.75) is 25.9 Å². The Morgan fingerprint density at radius 1 is 1.38 bits per heavy atom. The summed E-state index contributed by atoms with van der Waals surface area (Å²) in [6, 6.07) is -0.149. The Hall–Kier alpha value is -1.05. The highest BCUT2D eigenvalue weighted by molar-refractivity contribution is 4.86. The predicted octanol–water partition coefficient (Wildman–Crippen LogP) is -0.254. The fourth-order valence-corrected chi connectivity index (χ4v) is 1.26. The zero-order chi connectivity index (χ0) is 11.8. The van der Waals surface area contributed by atoms with Crippen LogP contribution in [-0.4, -0.2) is 47.1 Å². The summed E-state index contributed by atoms with van der Waals surface area (Å²) in [7, 11) is 1.65. The van der Waals surface area contributed by atoms with Crippen LogP contribution in [0.2, 0.25) is 0 Å². The molecule has 1 atom stereocenters. The maximum atomic E-state index is 5.72. The maximum Gasteiger partial charge on any atom is 0.167 e. The molecule has 1 unspecified atom stereocenters. The molecule has 0 spiro atoms. The normalized spacial score (nSPS) is 12.9. The van der Waals surface area contributed by atoms with Gasteiger partial charge in [-0.15, -0.1) is 5.10 Å². The van der Waals surface area contributed by atoms with Crippen LogP contribution in [0.3, 0.4) is 0 Å². The number of nitrogens with two attached hydrogens (primary N) is 1. The highest BCUT2D eigenvalue weighted by Gasteiger charge is 2.09. The zero-order valence-electron chi connectivity index (χ0n) is 9.80. The number of aryl methyl sites for hydroxylation is 1. The van der Waals surface area contributed by atoms with Crippen LogP contribution in [0.1, 0.15) is 25.2 Å². The van der Waals surface area contributed by atoms with Gasteiger partial charge in [-0.1, -0.05) is 0 Å². The van der Waals surface area contributed by atoms with Crippen molar-refractivity contribution >= 4 is 0 Å². The van der Waals surface area contributed by atoms with Gasteiger partial charge in [-0.3, -0.25) is 0 Å². The Bertz CT molecular complexity index is 289. The third-order valence-corrected chi connectivity index (χ3v) is 2.06. The Morgan fingerprint density at radius 3 is 2.88 bits per heavy atom. The second kappa shape index (κ2) is 7.26. The molecule has 7 nitrogen and oxygen atoms in total. The van der Waals surface area contributed by atoms with Crippen LogP contribution in [0.15, 0.2) is 0 Å². The summed E-state index contributed by atoms with van der Waals surface area (Å²) in [5.74, 6) is 0.705. The summed E-state index contributed by atoms with van der Waals surface area (Å²) in [6.45, 7) is 4.48. The minimum absolute atomic E-state index is 0.149. The Morgan fingerprint density at radius 2 is 2.19 bits per heavy atom. The number of rotatable bonds is 8. The van der Waals surface area contributed by atoms with Gasteiger partial charge >= 0.3 is 0 Å². The van der Waals surface area contributed by atoms with Crippen molar-refractivity contribution in [3.8, 4) is 0 Å². The highest BCUT2D eigenvalue weighted by atomic mass is 16.5. The molecule has 0 saturated heterocycles. The summed E-state index contributed by atoms with van der Waals surface area (Å²) in [4.78, 5) is 0. The first-order valence-corrected chi connectivity index (χ1v) is 5.34. The van der Waals surface area contributed by atoms with Gasteiger partial charge in [0, 0.05) is 20.3 Å². The van der Waals surface area contributed by atoms with Crippen LogP contribution in [0, 0.1) is 0 Å². The van der Waals surface area contributed by atoms with Crippen molar-refractivity contribution in [3.05, 3.63) is 5.82 Å². The Balaban J connectivity index is 2.19. The molecule has 1 aromatic heterocycles. The summed E-state index contributed by atoms with van der Waals surface area (Å²) in [5.41, 5.74) is 5.72. The molecule has 0 bridgehead atoms. The van der Waals surface area contributed by atoms with E-state index in [2.05, 4.69) is 15.5 Å². The zero-order valence-corrected chi connectivity index (χ0v) is 9.80. The van der Waals surface area contributed by atoms with Gasteiger partial charge in [-0.2, -0.15) is 0 Å². The first-order valence-electron chi connectivity index (χ1n) is 5.34. The molecule has 0 fully saturated rings. The lowest BCUT2D eigenvalue weighted by molar-refractivity contribution is 0.0675. The van der Waals surface area contributed by atoms with Crippen molar-refractivity contribution in [1.29, 1.82) is 0 Å². The summed E-state index contributed by atoms with van der Waals surface area (Å²) in [6.07, 6.45) is 0.856. The van der Waals surface area contributed by atoms with E-state index in [-0.39, 0.29) is 6.04 Å². The van der Waals surface area contributed by atoms with Gasteiger partial charge in [0.1, 0.15) is 0 Å². The SMILES string of the molecule is COCCOCCCn1nnnc1C(C)N. The van der Waals surface area contributed by atoms with E-state index in [0.717, 1.165) is 13.0 Å². The third-order valence-electron chi connectivity index (χ3n) is 2.06.